The number of hydrogen-bond donors (Lipinski definition) is 4. The molecule has 1 aliphatic rings. The number of benzene rings is 3. The number of aromatic nitrogens is 1. The van der Waals surface area contributed by atoms with Crippen molar-refractivity contribution in [3.63, 3.8) is 0 Å². The molecule has 1 aliphatic heterocycles. The maximum Gasteiger partial charge on any atom is 0.318 e. The number of fused-ring (bicyclic) bond motifs is 1. The molecule has 0 aliphatic carbocycles. The van der Waals surface area contributed by atoms with Crippen LogP contribution in [0.1, 0.15) is 48.3 Å². The molecule has 0 spiro atoms. The molecule has 1 fully saturated rings. The van der Waals surface area contributed by atoms with Gasteiger partial charge in [-0.2, -0.15) is 0 Å². The largest absolute Gasteiger partial charge is 0.361 e. The Morgan fingerprint density at radius 3 is 2.38 bits per heavy atom. The molecule has 39 heavy (non-hydrogen) atoms. The number of aromatic amines is 1. The van der Waals surface area contributed by atoms with Gasteiger partial charge >= 0.3 is 6.03 Å². The maximum atomic E-state index is 13.7. The van der Waals surface area contributed by atoms with Crippen LogP contribution in [0.2, 0.25) is 0 Å². The summed E-state index contributed by atoms with van der Waals surface area (Å²) >= 11 is 0. The van der Waals surface area contributed by atoms with Gasteiger partial charge in [0.2, 0.25) is 5.91 Å². The van der Waals surface area contributed by atoms with E-state index >= 15 is 0 Å². The molecule has 0 bridgehead atoms. The van der Waals surface area contributed by atoms with Crippen LogP contribution in [0.15, 0.2) is 85.1 Å². The van der Waals surface area contributed by atoms with Crippen LogP contribution < -0.4 is 16.4 Å². The second kappa shape index (κ2) is 12.2. The van der Waals surface area contributed by atoms with Gasteiger partial charge in [-0.05, 0) is 66.6 Å². The van der Waals surface area contributed by atoms with E-state index in [9.17, 15) is 9.59 Å². The van der Waals surface area contributed by atoms with E-state index in [4.69, 9.17) is 5.73 Å². The third kappa shape index (κ3) is 6.15. The number of hydrogen-bond acceptors (Lipinski definition) is 3. The van der Waals surface area contributed by atoms with E-state index in [2.05, 4.69) is 39.9 Å². The van der Waals surface area contributed by atoms with Gasteiger partial charge in [0.25, 0.3) is 0 Å². The quantitative estimate of drug-likeness (QED) is 0.250. The Bertz CT molecular complexity index is 1390. The molecule has 0 saturated carbocycles. The molecule has 202 valence electrons. The number of carbonyl (C=O) groups excluding carboxylic acids is 2. The van der Waals surface area contributed by atoms with Gasteiger partial charge in [0.1, 0.15) is 6.04 Å². The number of para-hydroxylation sites is 1. The number of urea groups is 1. The molecular weight excluding hydrogens is 486 g/mol. The van der Waals surface area contributed by atoms with Crippen LogP contribution in [0.25, 0.3) is 10.9 Å². The zero-order chi connectivity index (χ0) is 27.2. The second-order valence-corrected chi connectivity index (χ2v) is 10.4. The van der Waals surface area contributed by atoms with Crippen molar-refractivity contribution in [3.8, 4) is 0 Å². The van der Waals surface area contributed by atoms with Gasteiger partial charge in [-0.3, -0.25) is 4.79 Å². The molecule has 2 heterocycles. The molecule has 5 N–H and O–H groups in total. The molecule has 1 saturated heterocycles. The van der Waals surface area contributed by atoms with E-state index < -0.39 is 6.04 Å². The number of rotatable bonds is 8. The van der Waals surface area contributed by atoms with Crippen LogP contribution in [0.4, 0.5) is 10.5 Å². The van der Waals surface area contributed by atoms with Crippen molar-refractivity contribution in [2.24, 2.45) is 5.73 Å². The molecule has 4 aromatic rings. The lowest BCUT2D eigenvalue weighted by atomic mass is 9.89. The van der Waals surface area contributed by atoms with Gasteiger partial charge < -0.3 is 26.3 Å². The van der Waals surface area contributed by atoms with Gasteiger partial charge in [-0.1, -0.05) is 67.6 Å². The van der Waals surface area contributed by atoms with Crippen LogP contribution >= 0.6 is 0 Å². The number of nitrogens with one attached hydrogen (secondary N) is 3. The lowest BCUT2D eigenvalue weighted by molar-refractivity contribution is -0.118. The number of nitrogens with zero attached hydrogens (tertiary/aromatic N) is 1. The molecule has 0 radical (unpaired) electrons. The van der Waals surface area contributed by atoms with E-state index in [-0.39, 0.29) is 17.9 Å². The molecule has 1 aromatic heterocycles. The first-order valence-corrected chi connectivity index (χ1v) is 13.8. The van der Waals surface area contributed by atoms with Crippen molar-refractivity contribution in [1.29, 1.82) is 0 Å². The fraction of sp³-hybridized carbons (Fsp3) is 0.312. The van der Waals surface area contributed by atoms with Crippen molar-refractivity contribution < 1.29 is 9.59 Å². The van der Waals surface area contributed by atoms with E-state index in [1.165, 1.54) is 5.56 Å². The third-order valence-corrected chi connectivity index (χ3v) is 7.88. The van der Waals surface area contributed by atoms with Crippen LogP contribution in [0.3, 0.4) is 0 Å². The Morgan fingerprint density at radius 2 is 1.67 bits per heavy atom. The predicted octanol–water partition coefficient (Wildman–Crippen LogP) is 5.37. The standard InChI is InChI=1S/C32H37N5O2/c1-22(28-21-34-29-10-6-5-9-27(28)29)30(31(38)35-26-13-11-23(12-14-26)15-18-33)36-32(39)37-19-16-25(17-20-37)24-7-3-2-4-8-24/h2-14,21-22,25,30,34H,15-20,33H2,1H3,(H,35,38)(H,36,39)/t22-,30-/m1/s1. The van der Waals surface area contributed by atoms with Gasteiger partial charge in [0.05, 0.1) is 0 Å². The number of likely N-dealkylation sites (tertiary alicyclic amines) is 1. The van der Waals surface area contributed by atoms with Crippen LogP contribution in [-0.4, -0.2) is 47.5 Å². The number of nitrogens with two attached hydrogens (primary N) is 1. The Morgan fingerprint density at radius 1 is 0.974 bits per heavy atom. The topological polar surface area (TPSA) is 103 Å². The van der Waals surface area contributed by atoms with Crippen molar-refractivity contribution in [1.82, 2.24) is 15.2 Å². The van der Waals surface area contributed by atoms with E-state index in [0.29, 0.717) is 31.2 Å². The molecule has 7 heteroatoms. The SMILES string of the molecule is C[C@H](c1c[nH]c2ccccc12)[C@@H](NC(=O)N1CCC(c2ccccc2)CC1)C(=O)Nc1ccc(CCN)cc1. The maximum absolute atomic E-state index is 13.7. The zero-order valence-electron chi connectivity index (χ0n) is 22.4. The minimum Gasteiger partial charge on any atom is -0.361 e. The Kier molecular flexibility index (Phi) is 8.27. The van der Waals surface area contributed by atoms with Gasteiger partial charge in [0, 0.05) is 41.8 Å². The number of piperidine rings is 1. The Hall–Kier alpha value is -4.10. The Balaban J connectivity index is 1.32. The molecular formula is C32H37N5O2. The first-order valence-electron chi connectivity index (χ1n) is 13.8. The molecule has 3 aromatic carbocycles. The summed E-state index contributed by atoms with van der Waals surface area (Å²) in [6, 6.07) is 25.2. The lowest BCUT2D eigenvalue weighted by Crippen LogP contribution is -2.53. The summed E-state index contributed by atoms with van der Waals surface area (Å²) in [4.78, 5) is 32.3. The minimum atomic E-state index is -0.757. The summed E-state index contributed by atoms with van der Waals surface area (Å²) in [5, 5.41) is 7.16. The van der Waals surface area contributed by atoms with Gasteiger partial charge in [-0.25, -0.2) is 4.79 Å². The number of anilines is 1. The summed E-state index contributed by atoms with van der Waals surface area (Å²) in [7, 11) is 0. The normalized spacial score (nSPS) is 15.6. The minimum absolute atomic E-state index is 0.202. The number of amides is 3. The smallest absolute Gasteiger partial charge is 0.318 e. The van der Waals surface area contributed by atoms with Crippen LogP contribution in [0, 0.1) is 0 Å². The summed E-state index contributed by atoms with van der Waals surface area (Å²) in [5.41, 5.74) is 10.8. The molecule has 0 unspecified atom stereocenters. The fourth-order valence-electron chi connectivity index (χ4n) is 5.57. The average molecular weight is 524 g/mol. The highest BCUT2D eigenvalue weighted by molar-refractivity contribution is 5.98. The molecule has 3 amide bonds. The van der Waals surface area contributed by atoms with Crippen molar-refractivity contribution in [2.75, 3.05) is 25.0 Å². The predicted molar refractivity (Wildman–Crippen MR) is 157 cm³/mol. The summed E-state index contributed by atoms with van der Waals surface area (Å²) < 4.78 is 0. The monoisotopic (exact) mass is 523 g/mol. The third-order valence-electron chi connectivity index (χ3n) is 7.88. The zero-order valence-corrected chi connectivity index (χ0v) is 22.4. The highest BCUT2D eigenvalue weighted by atomic mass is 16.2. The molecule has 2 atom stereocenters. The summed E-state index contributed by atoms with van der Waals surface area (Å²) in [6.45, 7) is 3.88. The second-order valence-electron chi connectivity index (χ2n) is 10.4. The average Bonchev–Trinajstić information content (AvgIpc) is 3.41. The number of H-pyrrole nitrogens is 1. The highest BCUT2D eigenvalue weighted by Crippen LogP contribution is 2.30. The molecule has 7 nitrogen and oxygen atoms in total. The molecule has 5 rings (SSSR count). The van der Waals surface area contributed by atoms with Crippen LogP contribution in [-0.2, 0) is 11.2 Å². The first-order chi connectivity index (χ1) is 19.0. The first kappa shape index (κ1) is 26.5. The van der Waals surface area contributed by atoms with E-state index in [1.54, 1.807) is 0 Å². The lowest BCUT2D eigenvalue weighted by Gasteiger charge is -2.34. The van der Waals surface area contributed by atoms with Crippen molar-refractivity contribution in [2.45, 2.75) is 44.1 Å². The van der Waals surface area contributed by atoms with E-state index in [1.807, 2.05) is 72.6 Å². The Labute approximate surface area is 229 Å². The van der Waals surface area contributed by atoms with Gasteiger partial charge in [0.15, 0.2) is 0 Å². The van der Waals surface area contributed by atoms with Crippen molar-refractivity contribution >= 4 is 28.5 Å². The van der Waals surface area contributed by atoms with Crippen LogP contribution in [0.5, 0.6) is 0 Å². The van der Waals surface area contributed by atoms with Gasteiger partial charge in [-0.15, -0.1) is 0 Å². The highest BCUT2D eigenvalue weighted by Gasteiger charge is 2.32. The number of carbonyl (C=O) groups is 2. The fourth-order valence-corrected chi connectivity index (χ4v) is 5.57. The summed E-state index contributed by atoms with van der Waals surface area (Å²) in [6.07, 6.45) is 4.53. The summed E-state index contributed by atoms with van der Waals surface area (Å²) in [5.74, 6) is -0.0583. The van der Waals surface area contributed by atoms with Crippen molar-refractivity contribution in [3.05, 3.63) is 102 Å². The van der Waals surface area contributed by atoms with E-state index in [0.717, 1.165) is 41.3 Å².